The Morgan fingerprint density at radius 2 is 0.596 bits per heavy atom. The average molecular weight is 729 g/mol. The smallest absolute Gasteiger partial charge is 0.238 e. The van der Waals surface area contributed by atoms with Crippen LogP contribution in [0.2, 0.25) is 0 Å². The molecule has 0 N–H and O–H groups in total. The average Bonchev–Trinajstić information content (AvgIpc) is 3.92. The van der Waals surface area contributed by atoms with Crippen LogP contribution in [-0.2, 0) is 0 Å². The van der Waals surface area contributed by atoms with Gasteiger partial charge in [0.25, 0.3) is 0 Å². The van der Waals surface area contributed by atoms with Crippen molar-refractivity contribution < 1.29 is 0 Å². The lowest BCUT2D eigenvalue weighted by Gasteiger charge is -2.18. The van der Waals surface area contributed by atoms with E-state index < -0.39 is 0 Å². The summed E-state index contributed by atoms with van der Waals surface area (Å²) in [5, 5.41) is 7.08. The monoisotopic (exact) mass is 728 g/mol. The highest BCUT2D eigenvalue weighted by molar-refractivity contribution is 6.15. The summed E-state index contributed by atoms with van der Waals surface area (Å²) in [5.74, 6) is 1.80. The van der Waals surface area contributed by atoms with Crippen molar-refractivity contribution in [2.45, 2.75) is 0 Å². The number of hydrogen-bond acceptors (Lipinski definition) is 3. The molecule has 0 amide bonds. The number of nitrogens with zero attached hydrogens (tertiary/aromatic N) is 6. The number of benzene rings is 8. The summed E-state index contributed by atoms with van der Waals surface area (Å²) in [6.07, 6.45) is 0. The minimum absolute atomic E-state index is 0.562. The van der Waals surface area contributed by atoms with Crippen LogP contribution >= 0.6 is 0 Å². The normalized spacial score (nSPS) is 11.9. The summed E-state index contributed by atoms with van der Waals surface area (Å²) in [4.78, 5) is 15.5. The predicted octanol–water partition coefficient (Wildman–Crippen LogP) is 12.5. The fourth-order valence-electron chi connectivity index (χ4n) is 8.83. The van der Waals surface area contributed by atoms with E-state index in [1.165, 1.54) is 21.5 Å². The van der Waals surface area contributed by atoms with Gasteiger partial charge in [0.05, 0.1) is 44.5 Å². The highest BCUT2D eigenvalue weighted by atomic mass is 15.2. The van der Waals surface area contributed by atoms with Gasteiger partial charge >= 0.3 is 0 Å². The third kappa shape index (κ3) is 4.74. The zero-order valence-electron chi connectivity index (χ0n) is 30.7. The van der Waals surface area contributed by atoms with Crippen molar-refractivity contribution in [2.75, 3.05) is 0 Å². The second kappa shape index (κ2) is 12.3. The molecule has 266 valence electrons. The van der Waals surface area contributed by atoms with Crippen LogP contribution < -0.4 is 0 Å². The highest BCUT2D eigenvalue weighted by Crippen LogP contribution is 2.42. The molecule has 57 heavy (non-hydrogen) atoms. The van der Waals surface area contributed by atoms with Crippen LogP contribution in [0.4, 0.5) is 0 Å². The molecule has 4 aromatic heterocycles. The van der Waals surface area contributed by atoms with E-state index in [0.29, 0.717) is 17.6 Å². The lowest BCUT2D eigenvalue weighted by atomic mass is 10.1. The second-order valence-corrected chi connectivity index (χ2v) is 14.5. The fraction of sp³-hybridized carbons (Fsp3) is 0. The maximum absolute atomic E-state index is 5.25. The predicted molar refractivity (Wildman–Crippen MR) is 234 cm³/mol. The first-order chi connectivity index (χ1) is 28.3. The third-order valence-electron chi connectivity index (χ3n) is 11.3. The van der Waals surface area contributed by atoms with Gasteiger partial charge in [-0.25, -0.2) is 4.98 Å². The van der Waals surface area contributed by atoms with Crippen LogP contribution in [0, 0.1) is 0 Å². The van der Waals surface area contributed by atoms with E-state index >= 15 is 0 Å². The van der Waals surface area contributed by atoms with Crippen molar-refractivity contribution >= 4 is 65.4 Å². The lowest BCUT2D eigenvalue weighted by molar-refractivity contribution is 0.952. The Morgan fingerprint density at radius 3 is 1.02 bits per heavy atom. The summed E-state index contributed by atoms with van der Waals surface area (Å²) < 4.78 is 7.10. The first-order valence-electron chi connectivity index (χ1n) is 19.2. The Morgan fingerprint density at radius 1 is 0.263 bits per heavy atom. The molecular weight excluding hydrogens is 697 g/mol. The molecule has 0 unspecified atom stereocenters. The van der Waals surface area contributed by atoms with E-state index in [-0.39, 0.29) is 0 Å². The Kier molecular flexibility index (Phi) is 6.83. The van der Waals surface area contributed by atoms with Crippen molar-refractivity contribution in [3.05, 3.63) is 194 Å². The largest absolute Gasteiger partial charge is 0.307 e. The highest BCUT2D eigenvalue weighted by Gasteiger charge is 2.24. The standard InChI is InChI=1S/C51H32N6/c1-3-17-33(18-4-1)49-52-50(34-19-5-2-6-20-34)54-51(53-49)57-45-30-16-11-25-39(45)40-31-47(55-41-26-12-7-21-35(41)36-22-8-13-27-42(36)55)48(32-46(40)57)56-43-28-14-9-23-37(43)38-24-10-15-29-44(38)56/h1-32H. The molecule has 6 nitrogen and oxygen atoms in total. The molecule has 0 bridgehead atoms. The van der Waals surface area contributed by atoms with Gasteiger partial charge in [0.1, 0.15) is 0 Å². The molecule has 0 saturated carbocycles. The minimum Gasteiger partial charge on any atom is -0.307 e. The Balaban J connectivity index is 1.26. The first kappa shape index (κ1) is 31.5. The van der Waals surface area contributed by atoms with Crippen molar-refractivity contribution in [3.8, 4) is 40.1 Å². The van der Waals surface area contributed by atoms with Gasteiger partial charge in [-0.2, -0.15) is 9.97 Å². The molecule has 0 fully saturated rings. The molecule has 0 saturated heterocycles. The van der Waals surface area contributed by atoms with E-state index in [1.54, 1.807) is 0 Å². The number of rotatable bonds is 5. The lowest BCUT2D eigenvalue weighted by Crippen LogP contribution is -2.07. The maximum atomic E-state index is 5.25. The topological polar surface area (TPSA) is 53.5 Å². The molecule has 0 aliphatic rings. The molecule has 0 aliphatic heterocycles. The van der Waals surface area contributed by atoms with Crippen molar-refractivity contribution in [2.24, 2.45) is 0 Å². The summed E-state index contributed by atoms with van der Waals surface area (Å²) in [6, 6.07) is 68.6. The van der Waals surface area contributed by atoms with E-state index in [9.17, 15) is 0 Å². The molecule has 4 heterocycles. The van der Waals surface area contributed by atoms with Crippen molar-refractivity contribution in [1.82, 2.24) is 28.7 Å². The van der Waals surface area contributed by atoms with E-state index in [1.807, 2.05) is 36.4 Å². The molecule has 6 heteroatoms. The van der Waals surface area contributed by atoms with Crippen LogP contribution in [0.1, 0.15) is 0 Å². The zero-order chi connectivity index (χ0) is 37.5. The summed E-state index contributed by atoms with van der Waals surface area (Å²) in [5.41, 5.74) is 10.6. The van der Waals surface area contributed by atoms with E-state index in [2.05, 4.69) is 171 Å². The Labute approximate surface area is 327 Å². The van der Waals surface area contributed by atoms with E-state index in [4.69, 9.17) is 15.0 Å². The van der Waals surface area contributed by atoms with Gasteiger partial charge in [0, 0.05) is 43.4 Å². The van der Waals surface area contributed by atoms with Crippen LogP contribution in [0.25, 0.3) is 106 Å². The van der Waals surface area contributed by atoms with Crippen LogP contribution in [0.15, 0.2) is 194 Å². The second-order valence-electron chi connectivity index (χ2n) is 14.5. The molecule has 0 aliphatic carbocycles. The van der Waals surface area contributed by atoms with Gasteiger partial charge in [0.2, 0.25) is 5.95 Å². The molecule has 12 aromatic rings. The van der Waals surface area contributed by atoms with Gasteiger partial charge in [-0.3, -0.25) is 4.57 Å². The molecule has 0 radical (unpaired) electrons. The summed E-state index contributed by atoms with van der Waals surface area (Å²) >= 11 is 0. The Bertz CT molecular complexity index is 3360. The number of fused-ring (bicyclic) bond motifs is 9. The SMILES string of the molecule is c1ccc(-c2nc(-c3ccccc3)nc(-n3c4ccccc4c4cc(-n5c6ccccc6c6ccccc65)c(-n5c6ccccc6c6ccccc65)cc43)n2)cc1. The maximum Gasteiger partial charge on any atom is 0.238 e. The minimum atomic E-state index is 0.562. The molecule has 0 atom stereocenters. The Hall–Kier alpha value is -7.83. The molecular formula is C51H32N6. The third-order valence-corrected chi connectivity index (χ3v) is 11.3. The van der Waals surface area contributed by atoms with Gasteiger partial charge in [-0.1, -0.05) is 152 Å². The van der Waals surface area contributed by atoms with Gasteiger partial charge in [-0.15, -0.1) is 0 Å². The number of para-hydroxylation sites is 5. The zero-order valence-corrected chi connectivity index (χ0v) is 30.7. The molecule has 8 aromatic carbocycles. The quantitative estimate of drug-likeness (QED) is 0.177. The van der Waals surface area contributed by atoms with Crippen molar-refractivity contribution in [3.63, 3.8) is 0 Å². The van der Waals surface area contributed by atoms with Gasteiger partial charge in [-0.05, 0) is 42.5 Å². The fourth-order valence-corrected chi connectivity index (χ4v) is 8.83. The molecule has 0 spiro atoms. The molecule has 12 rings (SSSR count). The van der Waals surface area contributed by atoms with Gasteiger partial charge < -0.3 is 9.13 Å². The van der Waals surface area contributed by atoms with E-state index in [0.717, 1.165) is 66.4 Å². The van der Waals surface area contributed by atoms with Crippen LogP contribution in [-0.4, -0.2) is 28.7 Å². The number of aromatic nitrogens is 6. The van der Waals surface area contributed by atoms with Crippen molar-refractivity contribution in [1.29, 1.82) is 0 Å². The number of hydrogen-bond donors (Lipinski definition) is 0. The van der Waals surface area contributed by atoms with Crippen LogP contribution in [0.5, 0.6) is 0 Å². The van der Waals surface area contributed by atoms with Gasteiger partial charge in [0.15, 0.2) is 11.6 Å². The van der Waals surface area contributed by atoms with Crippen LogP contribution in [0.3, 0.4) is 0 Å². The summed E-state index contributed by atoms with van der Waals surface area (Å²) in [6.45, 7) is 0. The first-order valence-corrected chi connectivity index (χ1v) is 19.2. The summed E-state index contributed by atoms with van der Waals surface area (Å²) in [7, 11) is 0.